The summed E-state index contributed by atoms with van der Waals surface area (Å²) in [6, 6.07) is 8.17. The largest absolute Gasteiger partial charge is 0.995 e. The second-order valence-corrected chi connectivity index (χ2v) is 45.0. The van der Waals surface area contributed by atoms with Crippen molar-refractivity contribution in [3.05, 3.63) is 76.4 Å². The molecule has 1 aliphatic heterocycles. The molecule has 4 aromatic heterocycles. The molecule has 856 valence electrons. The molecular weight excluding hydrogens is 1860 g/mol. The standard InChI is InChI=1S/C131H227BF2N8O8/c1-11-21-27-33-39-45-51-57-63-69-75-81-87-93-99-143-122-105-112(106-123(144-100-94-88-82-76-70-64-58-52-46-40-34-28-22-12-2)130(122)147-103-97-91-85-79-73-67-61-55-49-43-37-31-25-15-5)141-110-118(137-139-141)126-114(17-7)116(19-9)128(135-126)120-109-121(150-132(133,134)149-120)129-117(20-10)115(18-8)127(136-129)119-111-142(140-138-119)113-107-124(145-101-95-89-83-77-71-65-59-53-47-41-35-29-23-13-3)131(148-104-98-92-86-80-74-68-62-56-50-44-38-32-26-16-6)125(108-113)146-102-96-90-84-78-72-66-60-54-48-42-36-30-24-14-4/h105-111,135-136H,11-104H2,1-10H3. The van der Waals surface area contributed by atoms with E-state index in [0.29, 0.717) is 134 Å². The molecule has 5 heterocycles. The first-order valence-electron chi connectivity index (χ1n) is 64.9. The maximum Gasteiger partial charge on any atom is 0.995 e. The fourth-order valence-corrected chi connectivity index (χ4v) is 22.3. The van der Waals surface area contributed by atoms with E-state index in [-0.39, 0.29) is 11.5 Å². The Morgan fingerprint density at radius 3 is 0.647 bits per heavy atom. The zero-order valence-electron chi connectivity index (χ0n) is 98.8. The minimum Gasteiger partial charge on any atom is -0.568 e. The van der Waals surface area contributed by atoms with Crippen LogP contribution in [0, 0.1) is 0 Å². The predicted octanol–water partition coefficient (Wildman–Crippen LogP) is 42.4. The number of allylic oxidation sites excluding steroid dienone is 1. The minimum absolute atomic E-state index is 0.0174. The molecule has 0 fully saturated rings. The van der Waals surface area contributed by atoms with Crippen molar-refractivity contribution in [3.8, 4) is 68.6 Å². The number of rotatable bonds is 106. The summed E-state index contributed by atoms with van der Waals surface area (Å²) in [5.74, 6) is 3.86. The van der Waals surface area contributed by atoms with E-state index in [4.69, 9.17) is 58.0 Å². The van der Waals surface area contributed by atoms with Gasteiger partial charge in [-0.05, 0) is 86.5 Å². The Hall–Kier alpha value is -6.79. The number of hydrogen-bond donors (Lipinski definition) is 2. The van der Waals surface area contributed by atoms with Crippen LogP contribution >= 0.6 is 0 Å². The molecule has 2 aromatic carbocycles. The van der Waals surface area contributed by atoms with Crippen LogP contribution in [-0.4, -0.2) is 92.5 Å². The molecule has 7 rings (SSSR count). The summed E-state index contributed by atoms with van der Waals surface area (Å²) in [7, 11) is -4.88. The average molecular weight is 2090 g/mol. The molecule has 0 aliphatic carbocycles. The smallest absolute Gasteiger partial charge is 0.568 e. The van der Waals surface area contributed by atoms with E-state index in [9.17, 15) is 0 Å². The number of ether oxygens (including phenoxy) is 6. The molecule has 0 atom stereocenters. The van der Waals surface area contributed by atoms with Gasteiger partial charge in [0, 0.05) is 24.3 Å². The lowest BCUT2D eigenvalue weighted by Gasteiger charge is -2.20. The SMILES string of the molecule is CCCCCCCCCCCCCCCCOc1cc(-n2cc(-c3[nH]c(C4=CC(c5[nH]c(-c6cn(-c7cc(OCCCCCCCCCCCCCCCC)c(OCCCCCCCCCCCCCCCC)c(OCCCCCCCCCCCCCCCC)c7)nn6)c(CC)c5CC)=[O+][B-](F)(F)O4)c(CC)c3CC)nn2)cc(OCCCCCCCCCCCCCCCC)c1OCCCCCCCCCCCCCCCC. The zero-order chi connectivity index (χ0) is 107. The summed E-state index contributed by atoms with van der Waals surface area (Å²) >= 11 is 0. The molecule has 150 heavy (non-hydrogen) atoms. The Bertz CT molecular complexity index is 4190. The van der Waals surface area contributed by atoms with Gasteiger partial charge in [-0.3, -0.25) is 0 Å². The summed E-state index contributed by atoms with van der Waals surface area (Å²) < 4.78 is 90.6. The minimum atomic E-state index is -4.88. The van der Waals surface area contributed by atoms with Gasteiger partial charge in [-0.2, -0.15) is 0 Å². The fourth-order valence-electron chi connectivity index (χ4n) is 22.3. The van der Waals surface area contributed by atoms with Crippen molar-refractivity contribution < 1.29 is 46.0 Å². The van der Waals surface area contributed by atoms with Crippen molar-refractivity contribution >= 4 is 18.6 Å². The average Bonchev–Trinajstić information content (AvgIpc) is 1.60. The highest BCUT2D eigenvalue weighted by molar-refractivity contribution is 6.52. The van der Waals surface area contributed by atoms with Crippen LogP contribution in [0.4, 0.5) is 8.63 Å². The van der Waals surface area contributed by atoms with Crippen LogP contribution in [0.2, 0.25) is 0 Å². The van der Waals surface area contributed by atoms with E-state index in [0.717, 1.165) is 111 Å². The number of hydrogen-bond acceptors (Lipinski definition) is 11. The third-order valence-corrected chi connectivity index (χ3v) is 31.7. The number of halogens is 2. The lowest BCUT2D eigenvalue weighted by molar-refractivity contribution is -0.183. The fraction of sp³-hybridized carbons (Fsp3) is 0.794. The third kappa shape index (κ3) is 55.7. The number of nitrogens with zero attached hydrogens (tertiary/aromatic N) is 6. The number of nitrogens with one attached hydrogen (secondary N) is 2. The van der Waals surface area contributed by atoms with Crippen molar-refractivity contribution in [3.63, 3.8) is 0 Å². The zero-order valence-corrected chi connectivity index (χ0v) is 98.8. The number of ketones is 1. The summed E-state index contributed by atoms with van der Waals surface area (Å²) in [6.07, 6.45) is 116. The second kappa shape index (κ2) is 87.3. The van der Waals surface area contributed by atoms with Gasteiger partial charge in [0.25, 0.3) is 0 Å². The van der Waals surface area contributed by atoms with Crippen molar-refractivity contribution in [1.29, 1.82) is 0 Å². The first kappa shape index (κ1) is 130. The molecule has 1 aliphatic rings. The summed E-state index contributed by atoms with van der Waals surface area (Å²) in [6.45, 7) is 25.5. The van der Waals surface area contributed by atoms with Gasteiger partial charge in [0.1, 0.15) is 22.8 Å². The van der Waals surface area contributed by atoms with Crippen LogP contribution < -0.4 is 28.4 Å². The highest BCUT2D eigenvalue weighted by Crippen LogP contribution is 2.45. The third-order valence-electron chi connectivity index (χ3n) is 31.7. The molecule has 0 bridgehead atoms. The summed E-state index contributed by atoms with van der Waals surface area (Å²) in [5, 5.41) is 19.6. The Labute approximate surface area is 918 Å². The molecule has 0 amide bonds. The van der Waals surface area contributed by atoms with Gasteiger partial charge in [-0.1, -0.05) is 580 Å². The number of unbranched alkanes of at least 4 members (excludes halogenated alkanes) is 78. The monoisotopic (exact) mass is 2090 g/mol. The summed E-state index contributed by atoms with van der Waals surface area (Å²) in [4.78, 5) is 7.27. The number of benzene rings is 2. The van der Waals surface area contributed by atoms with Crippen LogP contribution in [0.3, 0.4) is 0 Å². The van der Waals surface area contributed by atoms with Gasteiger partial charge < -0.3 is 56.0 Å². The maximum absolute atomic E-state index is 16.9. The van der Waals surface area contributed by atoms with Crippen LogP contribution in [0.15, 0.2) is 42.7 Å². The first-order valence-corrected chi connectivity index (χ1v) is 64.9. The molecule has 0 radical (unpaired) electrons. The lowest BCUT2D eigenvalue weighted by Crippen LogP contribution is -2.31. The molecule has 16 nitrogen and oxygen atoms in total. The molecule has 19 heteroatoms. The Morgan fingerprint density at radius 1 is 0.247 bits per heavy atom. The molecule has 0 unspecified atom stereocenters. The van der Waals surface area contributed by atoms with Crippen LogP contribution in [0.1, 0.15) is 647 Å². The Kier molecular flexibility index (Phi) is 75.7. The number of H-pyrrole nitrogens is 2. The van der Waals surface area contributed by atoms with E-state index < -0.39 is 7.11 Å². The first-order chi connectivity index (χ1) is 74.0. The van der Waals surface area contributed by atoms with Gasteiger partial charge >= 0.3 is 12.9 Å². The van der Waals surface area contributed by atoms with Crippen LogP contribution in [-0.2, 0) is 30.3 Å². The van der Waals surface area contributed by atoms with E-state index in [2.05, 4.69) is 79.2 Å². The highest BCUT2D eigenvalue weighted by atomic mass is 19.3. The summed E-state index contributed by atoms with van der Waals surface area (Å²) in [5.41, 5.74) is 8.42. The number of carbonyl (C=O) groups excluding carboxylic acids is 1. The van der Waals surface area contributed by atoms with Gasteiger partial charge in [0.2, 0.25) is 11.5 Å². The van der Waals surface area contributed by atoms with Crippen molar-refractivity contribution in [2.45, 2.75) is 634 Å². The van der Waals surface area contributed by atoms with E-state index in [1.54, 1.807) is 15.4 Å². The molecule has 2 N–H and O–H groups in total. The van der Waals surface area contributed by atoms with Gasteiger partial charge in [0.15, 0.2) is 23.0 Å². The maximum atomic E-state index is 16.9. The van der Waals surface area contributed by atoms with E-state index in [1.165, 1.54) is 462 Å². The quantitative estimate of drug-likeness (QED) is 0.0212. The second-order valence-electron chi connectivity index (χ2n) is 45.0. The molecule has 0 saturated heterocycles. The van der Waals surface area contributed by atoms with Crippen molar-refractivity contribution in [2.24, 2.45) is 0 Å². The van der Waals surface area contributed by atoms with E-state index >= 15 is 8.63 Å². The van der Waals surface area contributed by atoms with Gasteiger partial charge in [-0.15, -0.1) is 10.2 Å². The van der Waals surface area contributed by atoms with Gasteiger partial charge in [-0.25, -0.2) is 9.36 Å². The molecule has 0 saturated carbocycles. The molecule has 0 spiro atoms. The lowest BCUT2D eigenvalue weighted by atomic mass is 9.98. The van der Waals surface area contributed by atoms with Crippen LogP contribution in [0.5, 0.6) is 34.5 Å². The number of aromatic amines is 2. The predicted molar refractivity (Wildman–Crippen MR) is 636 cm³/mol. The van der Waals surface area contributed by atoms with Crippen molar-refractivity contribution in [2.75, 3.05) is 39.6 Å². The topological polar surface area (TPSA) is 169 Å². The Balaban J connectivity index is 1.15. The van der Waals surface area contributed by atoms with Gasteiger partial charge in [0.05, 0.1) is 86.6 Å². The van der Waals surface area contributed by atoms with Crippen molar-refractivity contribution in [1.82, 2.24) is 40.0 Å². The van der Waals surface area contributed by atoms with Crippen LogP contribution in [0.25, 0.3) is 39.9 Å². The molecular formula is C131H227BF2N8O8. The highest BCUT2D eigenvalue weighted by Gasteiger charge is 2.54. The number of aromatic nitrogens is 8. The van der Waals surface area contributed by atoms with E-state index in [1.807, 2.05) is 36.7 Å². The molecule has 6 aromatic rings. The Morgan fingerprint density at radius 2 is 0.433 bits per heavy atom. The normalized spacial score (nSPS) is 12.6.